The smallest absolute Gasteiger partial charge is 0.324 e. The first-order valence-electron chi connectivity index (χ1n) is 7.32. The van der Waals surface area contributed by atoms with Crippen LogP contribution < -0.4 is 9.80 Å². The summed E-state index contributed by atoms with van der Waals surface area (Å²) < 4.78 is 5.36. The van der Waals surface area contributed by atoms with Crippen LogP contribution in [0.15, 0.2) is 4.52 Å². The van der Waals surface area contributed by atoms with Crippen LogP contribution in [-0.2, 0) is 0 Å². The van der Waals surface area contributed by atoms with E-state index in [1.54, 1.807) is 11.3 Å². The van der Waals surface area contributed by atoms with Crippen molar-refractivity contribution < 1.29 is 4.52 Å². The maximum absolute atomic E-state index is 5.36. The number of nitrogens with zero attached hydrogens (tertiary/aromatic N) is 5. The fourth-order valence-electron chi connectivity index (χ4n) is 2.27. The number of aryl methyl sites for hydroxylation is 2. The molecule has 1 aliphatic heterocycles. The molecule has 0 unspecified atom stereocenters. The largest absolute Gasteiger partial charge is 0.345 e. The van der Waals surface area contributed by atoms with Gasteiger partial charge in [0.25, 0.3) is 0 Å². The molecule has 0 spiro atoms. The highest BCUT2D eigenvalue weighted by Crippen LogP contribution is 2.27. The van der Waals surface area contributed by atoms with Gasteiger partial charge in [-0.3, -0.25) is 0 Å². The number of hydrogen-bond donors (Lipinski definition) is 0. The molecule has 0 aromatic carbocycles. The van der Waals surface area contributed by atoms with Crippen LogP contribution in [0.1, 0.15) is 36.2 Å². The zero-order valence-corrected chi connectivity index (χ0v) is 13.8. The lowest BCUT2D eigenvalue weighted by atomic mass is 10.2. The number of hydrogen-bond acceptors (Lipinski definition) is 7. The third-order valence-corrected chi connectivity index (χ3v) is 4.92. The van der Waals surface area contributed by atoms with E-state index in [-0.39, 0.29) is 0 Å². The summed E-state index contributed by atoms with van der Waals surface area (Å²) in [7, 11) is 0. The first kappa shape index (κ1) is 14.3. The Bertz CT molecular complexity index is 593. The van der Waals surface area contributed by atoms with E-state index >= 15 is 0 Å². The van der Waals surface area contributed by atoms with Gasteiger partial charge in [0.05, 0.1) is 5.69 Å². The second-order valence-electron chi connectivity index (χ2n) is 5.70. The highest BCUT2D eigenvalue weighted by Gasteiger charge is 2.23. The van der Waals surface area contributed by atoms with Gasteiger partial charge in [-0.15, -0.1) is 11.3 Å². The standard InChI is InChI=1S/C14H21N5OS/c1-9(2)12-16-13(20-17-12)18-5-7-19(8-6-18)14-15-10(3)11(4)21-14/h9H,5-8H2,1-4H3. The maximum atomic E-state index is 5.36. The Morgan fingerprint density at radius 2 is 1.71 bits per heavy atom. The Balaban J connectivity index is 1.64. The van der Waals surface area contributed by atoms with Crippen LogP contribution in [0, 0.1) is 13.8 Å². The first-order valence-corrected chi connectivity index (χ1v) is 8.13. The molecule has 0 amide bonds. The predicted octanol–water partition coefficient (Wildman–Crippen LogP) is 2.59. The molecule has 7 heteroatoms. The van der Waals surface area contributed by atoms with E-state index in [4.69, 9.17) is 4.52 Å². The fraction of sp³-hybridized carbons (Fsp3) is 0.643. The van der Waals surface area contributed by atoms with Gasteiger partial charge < -0.3 is 14.3 Å². The van der Waals surface area contributed by atoms with Gasteiger partial charge in [0.1, 0.15) is 0 Å². The lowest BCUT2D eigenvalue weighted by Gasteiger charge is -2.33. The van der Waals surface area contributed by atoms with Crippen molar-refractivity contribution in [1.82, 2.24) is 15.1 Å². The summed E-state index contributed by atoms with van der Waals surface area (Å²) in [6, 6.07) is 0.643. The molecule has 2 aromatic heterocycles. The topological polar surface area (TPSA) is 58.3 Å². The molecule has 2 aromatic rings. The van der Waals surface area contributed by atoms with E-state index in [1.165, 1.54) is 4.88 Å². The van der Waals surface area contributed by atoms with E-state index in [0.29, 0.717) is 11.9 Å². The van der Waals surface area contributed by atoms with E-state index in [9.17, 15) is 0 Å². The maximum Gasteiger partial charge on any atom is 0.324 e. The summed E-state index contributed by atoms with van der Waals surface area (Å²) in [4.78, 5) is 14.9. The average molecular weight is 307 g/mol. The predicted molar refractivity (Wildman–Crippen MR) is 84.4 cm³/mol. The Hall–Kier alpha value is -1.63. The van der Waals surface area contributed by atoms with E-state index in [1.807, 2.05) is 0 Å². The number of anilines is 2. The SMILES string of the molecule is Cc1nc(N2CCN(c3nc(C(C)C)no3)CC2)sc1C. The third kappa shape index (κ3) is 2.88. The van der Waals surface area contributed by atoms with Crippen molar-refractivity contribution in [3.63, 3.8) is 0 Å². The van der Waals surface area contributed by atoms with Crippen LogP contribution in [0.5, 0.6) is 0 Å². The van der Waals surface area contributed by atoms with Gasteiger partial charge in [-0.1, -0.05) is 19.0 Å². The van der Waals surface area contributed by atoms with Gasteiger partial charge in [0.15, 0.2) is 11.0 Å². The lowest BCUT2D eigenvalue weighted by Crippen LogP contribution is -2.46. The Labute approximate surface area is 128 Å². The van der Waals surface area contributed by atoms with Gasteiger partial charge in [0, 0.05) is 37.0 Å². The van der Waals surface area contributed by atoms with Crippen molar-refractivity contribution >= 4 is 22.5 Å². The normalized spacial score (nSPS) is 16.0. The van der Waals surface area contributed by atoms with E-state index in [0.717, 1.165) is 42.8 Å². The monoisotopic (exact) mass is 307 g/mol. The highest BCUT2D eigenvalue weighted by atomic mass is 32.1. The molecule has 1 saturated heterocycles. The van der Waals surface area contributed by atoms with E-state index < -0.39 is 0 Å². The molecule has 21 heavy (non-hydrogen) atoms. The molecule has 0 bridgehead atoms. The summed E-state index contributed by atoms with van der Waals surface area (Å²) in [5, 5.41) is 5.15. The second-order valence-corrected chi connectivity index (χ2v) is 6.88. The Morgan fingerprint density at radius 3 is 2.24 bits per heavy atom. The van der Waals surface area contributed by atoms with Gasteiger partial charge in [-0.05, 0) is 13.8 Å². The summed E-state index contributed by atoms with van der Waals surface area (Å²) >= 11 is 1.77. The van der Waals surface area contributed by atoms with Gasteiger partial charge in [0.2, 0.25) is 0 Å². The average Bonchev–Trinajstić information content (AvgIpc) is 3.07. The molecule has 3 heterocycles. The third-order valence-electron chi connectivity index (χ3n) is 3.79. The van der Waals surface area contributed by atoms with Crippen LogP contribution in [0.25, 0.3) is 0 Å². The van der Waals surface area contributed by atoms with Crippen molar-refractivity contribution in [3.05, 3.63) is 16.4 Å². The number of thiazole rings is 1. The number of piperazine rings is 1. The van der Waals surface area contributed by atoms with Gasteiger partial charge >= 0.3 is 6.01 Å². The quantitative estimate of drug-likeness (QED) is 0.868. The molecule has 0 N–H and O–H groups in total. The summed E-state index contributed by atoms with van der Waals surface area (Å²) in [6.45, 7) is 12.0. The minimum Gasteiger partial charge on any atom is -0.345 e. The van der Waals surface area contributed by atoms with Crippen LogP contribution in [0.4, 0.5) is 11.1 Å². The summed E-state index contributed by atoms with van der Waals surface area (Å²) in [5.74, 6) is 1.07. The van der Waals surface area contributed by atoms with Crippen molar-refractivity contribution in [3.8, 4) is 0 Å². The Kier molecular flexibility index (Phi) is 3.84. The Morgan fingerprint density at radius 1 is 1.05 bits per heavy atom. The molecule has 114 valence electrons. The molecule has 0 saturated carbocycles. The molecular formula is C14H21N5OS. The summed E-state index contributed by atoms with van der Waals surface area (Å²) in [5.41, 5.74) is 1.14. The van der Waals surface area contributed by atoms with Crippen LogP contribution >= 0.6 is 11.3 Å². The molecular weight excluding hydrogens is 286 g/mol. The number of rotatable bonds is 3. The fourth-order valence-corrected chi connectivity index (χ4v) is 3.23. The molecule has 6 nitrogen and oxygen atoms in total. The van der Waals surface area contributed by atoms with Crippen LogP contribution in [0.3, 0.4) is 0 Å². The van der Waals surface area contributed by atoms with Crippen LogP contribution in [0.2, 0.25) is 0 Å². The van der Waals surface area contributed by atoms with Gasteiger partial charge in [-0.2, -0.15) is 4.98 Å². The zero-order chi connectivity index (χ0) is 15.0. The van der Waals surface area contributed by atoms with E-state index in [2.05, 4.69) is 52.6 Å². The van der Waals surface area contributed by atoms with Crippen molar-refractivity contribution in [2.75, 3.05) is 36.0 Å². The molecule has 0 atom stereocenters. The molecule has 1 fully saturated rings. The second kappa shape index (κ2) is 5.63. The van der Waals surface area contributed by atoms with Crippen LogP contribution in [-0.4, -0.2) is 41.3 Å². The lowest BCUT2D eigenvalue weighted by molar-refractivity contribution is 0.400. The van der Waals surface area contributed by atoms with Crippen molar-refractivity contribution in [2.45, 2.75) is 33.6 Å². The zero-order valence-electron chi connectivity index (χ0n) is 13.0. The van der Waals surface area contributed by atoms with Crippen molar-refractivity contribution in [1.29, 1.82) is 0 Å². The molecule has 3 rings (SSSR count). The van der Waals surface area contributed by atoms with Crippen molar-refractivity contribution in [2.24, 2.45) is 0 Å². The highest BCUT2D eigenvalue weighted by molar-refractivity contribution is 7.15. The van der Waals surface area contributed by atoms with Gasteiger partial charge in [-0.25, -0.2) is 4.98 Å². The molecule has 1 aliphatic rings. The minimum atomic E-state index is 0.296. The summed E-state index contributed by atoms with van der Waals surface area (Å²) in [6.07, 6.45) is 0. The number of aromatic nitrogens is 3. The minimum absolute atomic E-state index is 0.296. The molecule has 0 radical (unpaired) electrons. The molecule has 0 aliphatic carbocycles. The first-order chi connectivity index (χ1) is 10.0.